The SMILES string of the molecule is CC1(C)C(NCCc2ccncc2)[C@]2(C)CC[C@H]1C2. The number of nitrogens with one attached hydrogen (secondary N) is 1. The lowest BCUT2D eigenvalue weighted by atomic mass is 9.68. The van der Waals surface area contributed by atoms with Crippen molar-refractivity contribution in [2.45, 2.75) is 52.5 Å². The number of aromatic nitrogens is 1. The average molecular weight is 258 g/mol. The van der Waals surface area contributed by atoms with Crippen LogP contribution in [-0.4, -0.2) is 17.6 Å². The minimum atomic E-state index is 0.464. The Balaban J connectivity index is 1.61. The van der Waals surface area contributed by atoms with Crippen molar-refractivity contribution in [2.24, 2.45) is 16.7 Å². The van der Waals surface area contributed by atoms with E-state index in [0.29, 0.717) is 16.9 Å². The van der Waals surface area contributed by atoms with Crippen molar-refractivity contribution >= 4 is 0 Å². The number of hydrogen-bond donors (Lipinski definition) is 1. The third-order valence-electron chi connectivity index (χ3n) is 5.78. The molecular formula is C17H26N2. The van der Waals surface area contributed by atoms with E-state index in [2.05, 4.69) is 43.2 Å². The molecule has 0 radical (unpaired) electrons. The molecule has 2 bridgehead atoms. The van der Waals surface area contributed by atoms with Gasteiger partial charge in [0.2, 0.25) is 0 Å². The second-order valence-corrected chi connectivity index (χ2v) is 7.41. The van der Waals surface area contributed by atoms with Crippen molar-refractivity contribution in [1.29, 1.82) is 0 Å². The van der Waals surface area contributed by atoms with Crippen LogP contribution in [0, 0.1) is 16.7 Å². The average Bonchev–Trinajstić information content (AvgIpc) is 2.86. The Kier molecular flexibility index (Phi) is 3.17. The summed E-state index contributed by atoms with van der Waals surface area (Å²) in [7, 11) is 0. The maximum Gasteiger partial charge on any atom is 0.0270 e. The minimum absolute atomic E-state index is 0.464. The van der Waals surface area contributed by atoms with E-state index in [1.807, 2.05) is 12.4 Å². The highest BCUT2D eigenvalue weighted by molar-refractivity contribution is 5.13. The zero-order valence-corrected chi connectivity index (χ0v) is 12.4. The van der Waals surface area contributed by atoms with Crippen molar-refractivity contribution in [3.8, 4) is 0 Å². The lowest BCUT2D eigenvalue weighted by Crippen LogP contribution is -2.50. The fourth-order valence-corrected chi connectivity index (χ4v) is 4.72. The molecule has 3 rings (SSSR count). The quantitative estimate of drug-likeness (QED) is 0.895. The summed E-state index contributed by atoms with van der Waals surface area (Å²) in [5.74, 6) is 0.927. The van der Waals surface area contributed by atoms with Gasteiger partial charge in [-0.15, -0.1) is 0 Å². The van der Waals surface area contributed by atoms with Crippen LogP contribution < -0.4 is 5.32 Å². The summed E-state index contributed by atoms with van der Waals surface area (Å²) in [6.07, 6.45) is 9.15. The maximum atomic E-state index is 4.08. The fraction of sp³-hybridized carbons (Fsp3) is 0.706. The van der Waals surface area contributed by atoms with Gasteiger partial charge in [-0.1, -0.05) is 20.8 Å². The number of nitrogens with zero attached hydrogens (tertiary/aromatic N) is 1. The maximum absolute atomic E-state index is 4.08. The van der Waals surface area contributed by atoms with Crippen LogP contribution in [0.1, 0.15) is 45.6 Å². The molecule has 2 fully saturated rings. The molecule has 0 aliphatic heterocycles. The molecule has 2 aliphatic carbocycles. The van der Waals surface area contributed by atoms with E-state index in [-0.39, 0.29) is 0 Å². The highest BCUT2D eigenvalue weighted by atomic mass is 15.0. The van der Waals surface area contributed by atoms with Crippen molar-refractivity contribution in [1.82, 2.24) is 10.3 Å². The Morgan fingerprint density at radius 3 is 2.63 bits per heavy atom. The topological polar surface area (TPSA) is 24.9 Å². The molecule has 2 heteroatoms. The first-order valence-corrected chi connectivity index (χ1v) is 7.65. The van der Waals surface area contributed by atoms with E-state index >= 15 is 0 Å². The van der Waals surface area contributed by atoms with Crippen LogP contribution in [0.3, 0.4) is 0 Å². The van der Waals surface area contributed by atoms with Gasteiger partial charge < -0.3 is 5.32 Å². The summed E-state index contributed by atoms with van der Waals surface area (Å²) < 4.78 is 0. The van der Waals surface area contributed by atoms with Gasteiger partial charge in [-0.2, -0.15) is 0 Å². The second-order valence-electron chi connectivity index (χ2n) is 7.41. The zero-order valence-electron chi connectivity index (χ0n) is 12.4. The van der Waals surface area contributed by atoms with Crippen molar-refractivity contribution in [3.63, 3.8) is 0 Å². The third-order valence-corrected chi connectivity index (χ3v) is 5.78. The van der Waals surface area contributed by atoms with Gasteiger partial charge in [-0.25, -0.2) is 0 Å². The lowest BCUT2D eigenvalue weighted by molar-refractivity contribution is 0.110. The van der Waals surface area contributed by atoms with Crippen LogP contribution in [0.2, 0.25) is 0 Å². The summed E-state index contributed by atoms with van der Waals surface area (Å²) in [5.41, 5.74) is 2.38. The standard InChI is InChI=1S/C17H26N2/c1-16(2)14-4-8-17(3,12-14)15(16)19-11-7-13-5-9-18-10-6-13/h5-6,9-10,14-15,19H,4,7-8,11-12H2,1-3H3/t14-,15?,17+/m0/s1. The van der Waals surface area contributed by atoms with Crippen LogP contribution in [-0.2, 0) is 6.42 Å². The first-order chi connectivity index (χ1) is 9.02. The summed E-state index contributed by atoms with van der Waals surface area (Å²) >= 11 is 0. The highest BCUT2D eigenvalue weighted by Crippen LogP contribution is 2.62. The second kappa shape index (κ2) is 4.59. The number of pyridine rings is 1. The van der Waals surface area contributed by atoms with E-state index in [4.69, 9.17) is 0 Å². The third kappa shape index (κ3) is 2.20. The lowest BCUT2D eigenvalue weighted by Gasteiger charge is -2.43. The van der Waals surface area contributed by atoms with Crippen LogP contribution >= 0.6 is 0 Å². The molecule has 0 aromatic carbocycles. The van der Waals surface area contributed by atoms with Crippen LogP contribution in [0.4, 0.5) is 0 Å². The summed E-state index contributed by atoms with van der Waals surface area (Å²) in [6, 6.07) is 4.92. The van der Waals surface area contributed by atoms with Gasteiger partial charge in [-0.3, -0.25) is 4.98 Å². The molecule has 1 unspecified atom stereocenters. The van der Waals surface area contributed by atoms with Crippen molar-refractivity contribution < 1.29 is 0 Å². The molecule has 2 nitrogen and oxygen atoms in total. The molecule has 104 valence electrons. The smallest absolute Gasteiger partial charge is 0.0270 e. The molecule has 1 N–H and O–H groups in total. The van der Waals surface area contributed by atoms with Gasteiger partial charge in [0.1, 0.15) is 0 Å². The van der Waals surface area contributed by atoms with E-state index in [1.165, 1.54) is 24.8 Å². The molecule has 0 saturated heterocycles. The first-order valence-electron chi connectivity index (χ1n) is 7.65. The van der Waals surface area contributed by atoms with Crippen molar-refractivity contribution in [3.05, 3.63) is 30.1 Å². The van der Waals surface area contributed by atoms with Gasteiger partial charge >= 0.3 is 0 Å². The summed E-state index contributed by atoms with van der Waals surface area (Å²) in [5, 5.41) is 3.87. The number of hydrogen-bond acceptors (Lipinski definition) is 2. The minimum Gasteiger partial charge on any atom is -0.313 e. The monoisotopic (exact) mass is 258 g/mol. The molecule has 0 spiro atoms. The van der Waals surface area contributed by atoms with Gasteiger partial charge in [0, 0.05) is 18.4 Å². The first kappa shape index (κ1) is 13.1. The largest absolute Gasteiger partial charge is 0.313 e. The number of rotatable bonds is 4. The molecule has 0 amide bonds. The molecule has 2 saturated carbocycles. The van der Waals surface area contributed by atoms with Crippen molar-refractivity contribution in [2.75, 3.05) is 6.54 Å². The normalized spacial score (nSPS) is 35.7. The van der Waals surface area contributed by atoms with E-state index < -0.39 is 0 Å². The molecule has 3 atom stereocenters. The van der Waals surface area contributed by atoms with E-state index in [1.54, 1.807) is 0 Å². The van der Waals surface area contributed by atoms with Gasteiger partial charge in [0.05, 0.1) is 0 Å². The Labute approximate surface area is 117 Å². The fourth-order valence-electron chi connectivity index (χ4n) is 4.72. The molecule has 2 aliphatic rings. The zero-order chi connectivity index (χ0) is 13.5. The molecule has 1 heterocycles. The molecule has 1 aromatic rings. The Morgan fingerprint density at radius 1 is 1.26 bits per heavy atom. The predicted octanol–water partition coefficient (Wildman–Crippen LogP) is 3.43. The van der Waals surface area contributed by atoms with E-state index in [0.717, 1.165) is 18.9 Å². The Bertz CT molecular complexity index is 435. The van der Waals surface area contributed by atoms with Crippen LogP contribution in [0.25, 0.3) is 0 Å². The summed E-state index contributed by atoms with van der Waals surface area (Å²) in [4.78, 5) is 4.08. The predicted molar refractivity (Wildman–Crippen MR) is 79.0 cm³/mol. The van der Waals surface area contributed by atoms with Gasteiger partial charge in [0.15, 0.2) is 0 Å². The number of fused-ring (bicyclic) bond motifs is 2. The summed E-state index contributed by atoms with van der Waals surface area (Å²) in [6.45, 7) is 8.50. The molecular weight excluding hydrogens is 232 g/mol. The Hall–Kier alpha value is -0.890. The van der Waals surface area contributed by atoms with Gasteiger partial charge in [0.25, 0.3) is 0 Å². The molecule has 19 heavy (non-hydrogen) atoms. The van der Waals surface area contributed by atoms with E-state index in [9.17, 15) is 0 Å². The Morgan fingerprint density at radius 2 is 2.00 bits per heavy atom. The highest BCUT2D eigenvalue weighted by Gasteiger charge is 2.58. The van der Waals surface area contributed by atoms with Crippen LogP contribution in [0.15, 0.2) is 24.5 Å². The molecule has 1 aromatic heterocycles. The van der Waals surface area contributed by atoms with Crippen LogP contribution in [0.5, 0.6) is 0 Å². The van der Waals surface area contributed by atoms with Gasteiger partial charge in [-0.05, 0) is 66.7 Å².